The highest BCUT2D eigenvalue weighted by molar-refractivity contribution is 9.10. The number of nitrogens with zero attached hydrogens (tertiary/aromatic N) is 3. The molecule has 0 aromatic carbocycles. The Kier molecular flexibility index (Phi) is 3.21. The first-order valence-corrected chi connectivity index (χ1v) is 7.33. The van der Waals surface area contributed by atoms with E-state index in [1.165, 1.54) is 37.8 Å². The van der Waals surface area contributed by atoms with Crippen LogP contribution < -0.4 is 5.32 Å². The quantitative estimate of drug-likeness (QED) is 0.927. The van der Waals surface area contributed by atoms with Crippen LogP contribution in [0.1, 0.15) is 43.7 Å². The van der Waals surface area contributed by atoms with Crippen molar-refractivity contribution in [2.24, 2.45) is 13.0 Å². The van der Waals surface area contributed by atoms with Gasteiger partial charge < -0.3 is 5.32 Å². The molecule has 3 rings (SSSR count). The van der Waals surface area contributed by atoms with Gasteiger partial charge in [-0.25, -0.2) is 0 Å². The van der Waals surface area contributed by atoms with Crippen LogP contribution in [0.4, 0.5) is 0 Å². The number of nitrogens with one attached hydrogen (secondary N) is 1. The predicted octanol–water partition coefficient (Wildman–Crippen LogP) is 2.21. The summed E-state index contributed by atoms with van der Waals surface area (Å²) in [6, 6.07) is 0.810. The number of hydrogen-bond acceptors (Lipinski definition) is 3. The number of aromatic nitrogens is 3. The van der Waals surface area contributed by atoms with Gasteiger partial charge in [-0.05, 0) is 54.1 Å². The zero-order valence-corrected chi connectivity index (χ0v) is 11.8. The van der Waals surface area contributed by atoms with Gasteiger partial charge in [0, 0.05) is 19.0 Å². The molecule has 5 heteroatoms. The van der Waals surface area contributed by atoms with Crippen molar-refractivity contribution in [2.75, 3.05) is 6.54 Å². The number of aryl methyl sites for hydroxylation is 1. The standard InChI is InChI=1S/C12H19BrN4/c1-17-11(12(13)15-16-17)10-4-2-3-8(10)7-14-9-5-6-9/h8-10,14H,2-7H2,1H3. The molecule has 17 heavy (non-hydrogen) atoms. The van der Waals surface area contributed by atoms with Crippen LogP contribution in [0.2, 0.25) is 0 Å². The minimum absolute atomic E-state index is 0.621. The van der Waals surface area contributed by atoms with Gasteiger partial charge in [-0.3, -0.25) is 4.68 Å². The molecule has 94 valence electrons. The van der Waals surface area contributed by atoms with Gasteiger partial charge in [0.2, 0.25) is 0 Å². The molecule has 2 unspecified atom stereocenters. The molecule has 0 saturated heterocycles. The monoisotopic (exact) mass is 298 g/mol. The summed E-state index contributed by atoms with van der Waals surface area (Å²) >= 11 is 3.53. The molecular weight excluding hydrogens is 280 g/mol. The predicted molar refractivity (Wildman–Crippen MR) is 69.8 cm³/mol. The summed E-state index contributed by atoms with van der Waals surface area (Å²) < 4.78 is 2.87. The third-order valence-corrected chi connectivity index (χ3v) is 4.65. The van der Waals surface area contributed by atoms with Crippen LogP contribution in [0.3, 0.4) is 0 Å². The Bertz CT molecular complexity index is 380. The molecule has 0 aliphatic heterocycles. The van der Waals surface area contributed by atoms with Crippen LogP contribution in [-0.4, -0.2) is 27.6 Å². The van der Waals surface area contributed by atoms with Gasteiger partial charge in [-0.1, -0.05) is 11.6 Å². The lowest BCUT2D eigenvalue weighted by atomic mass is 9.93. The first-order chi connectivity index (χ1) is 8.25. The van der Waals surface area contributed by atoms with Gasteiger partial charge in [-0.15, -0.1) is 5.10 Å². The van der Waals surface area contributed by atoms with Crippen molar-refractivity contribution in [3.8, 4) is 0 Å². The molecule has 1 N–H and O–H groups in total. The number of rotatable bonds is 4. The Morgan fingerprint density at radius 1 is 1.35 bits per heavy atom. The van der Waals surface area contributed by atoms with Crippen molar-refractivity contribution in [1.29, 1.82) is 0 Å². The smallest absolute Gasteiger partial charge is 0.151 e. The summed E-state index contributed by atoms with van der Waals surface area (Å²) in [4.78, 5) is 0. The fourth-order valence-electron chi connectivity index (χ4n) is 2.98. The Balaban J connectivity index is 1.71. The maximum Gasteiger partial charge on any atom is 0.151 e. The van der Waals surface area contributed by atoms with Crippen LogP contribution in [0.5, 0.6) is 0 Å². The molecule has 4 nitrogen and oxygen atoms in total. The zero-order chi connectivity index (χ0) is 11.8. The second-order valence-corrected chi connectivity index (χ2v) is 6.12. The Morgan fingerprint density at radius 2 is 2.18 bits per heavy atom. The van der Waals surface area contributed by atoms with Crippen molar-refractivity contribution in [1.82, 2.24) is 20.3 Å². The van der Waals surface area contributed by atoms with Gasteiger partial charge >= 0.3 is 0 Å². The van der Waals surface area contributed by atoms with Gasteiger partial charge in [-0.2, -0.15) is 0 Å². The minimum Gasteiger partial charge on any atom is -0.314 e. The van der Waals surface area contributed by atoms with E-state index in [1.807, 2.05) is 11.7 Å². The van der Waals surface area contributed by atoms with Gasteiger partial charge in [0.15, 0.2) is 4.60 Å². The Labute approximate surface area is 110 Å². The second kappa shape index (κ2) is 4.69. The molecule has 2 aliphatic carbocycles. The average molecular weight is 299 g/mol. The molecule has 0 bridgehead atoms. The maximum atomic E-state index is 4.11. The van der Waals surface area contributed by atoms with Crippen molar-refractivity contribution in [3.63, 3.8) is 0 Å². The van der Waals surface area contributed by atoms with Crippen molar-refractivity contribution in [2.45, 2.75) is 44.1 Å². The molecular formula is C12H19BrN4. The van der Waals surface area contributed by atoms with E-state index in [2.05, 4.69) is 31.6 Å². The summed E-state index contributed by atoms with van der Waals surface area (Å²) in [5.74, 6) is 1.37. The molecule has 2 aliphatic rings. The molecule has 2 saturated carbocycles. The van der Waals surface area contributed by atoms with E-state index in [0.29, 0.717) is 5.92 Å². The molecule has 1 heterocycles. The first kappa shape index (κ1) is 11.7. The van der Waals surface area contributed by atoms with E-state index >= 15 is 0 Å². The lowest BCUT2D eigenvalue weighted by Gasteiger charge is -2.20. The Morgan fingerprint density at radius 3 is 2.82 bits per heavy atom. The summed E-state index contributed by atoms with van der Waals surface area (Å²) in [7, 11) is 2.00. The molecule has 0 radical (unpaired) electrons. The highest BCUT2D eigenvalue weighted by Crippen LogP contribution is 2.41. The largest absolute Gasteiger partial charge is 0.314 e. The summed E-state index contributed by atoms with van der Waals surface area (Å²) in [6.45, 7) is 1.16. The molecule has 2 fully saturated rings. The molecule has 2 atom stereocenters. The highest BCUT2D eigenvalue weighted by Gasteiger charge is 2.33. The normalized spacial score (nSPS) is 28.8. The molecule has 1 aromatic rings. The molecule has 1 aromatic heterocycles. The van der Waals surface area contributed by atoms with Crippen LogP contribution >= 0.6 is 15.9 Å². The van der Waals surface area contributed by atoms with Crippen LogP contribution in [-0.2, 0) is 7.05 Å². The van der Waals surface area contributed by atoms with E-state index in [1.54, 1.807) is 0 Å². The summed E-state index contributed by atoms with van der Waals surface area (Å²) in [6.07, 6.45) is 6.68. The van der Waals surface area contributed by atoms with E-state index in [0.717, 1.165) is 23.1 Å². The van der Waals surface area contributed by atoms with Gasteiger partial charge in [0.25, 0.3) is 0 Å². The average Bonchev–Trinajstić information content (AvgIpc) is 2.94. The van der Waals surface area contributed by atoms with E-state index < -0.39 is 0 Å². The third-order valence-electron chi connectivity index (χ3n) is 4.08. The van der Waals surface area contributed by atoms with Crippen molar-refractivity contribution < 1.29 is 0 Å². The lowest BCUT2D eigenvalue weighted by Crippen LogP contribution is -2.27. The van der Waals surface area contributed by atoms with E-state index in [4.69, 9.17) is 0 Å². The summed E-state index contributed by atoms with van der Waals surface area (Å²) in [5, 5.41) is 11.9. The first-order valence-electron chi connectivity index (χ1n) is 6.54. The lowest BCUT2D eigenvalue weighted by molar-refractivity contribution is 0.425. The highest BCUT2D eigenvalue weighted by atomic mass is 79.9. The minimum atomic E-state index is 0.621. The summed E-state index contributed by atoms with van der Waals surface area (Å²) in [5.41, 5.74) is 1.28. The fourth-order valence-corrected chi connectivity index (χ4v) is 3.60. The van der Waals surface area contributed by atoms with Crippen LogP contribution in [0, 0.1) is 5.92 Å². The topological polar surface area (TPSA) is 42.7 Å². The number of halogens is 1. The fraction of sp³-hybridized carbons (Fsp3) is 0.833. The second-order valence-electron chi connectivity index (χ2n) is 5.37. The van der Waals surface area contributed by atoms with E-state index in [9.17, 15) is 0 Å². The van der Waals surface area contributed by atoms with Gasteiger partial charge in [0.05, 0.1) is 5.69 Å². The van der Waals surface area contributed by atoms with Crippen molar-refractivity contribution >= 4 is 15.9 Å². The zero-order valence-electron chi connectivity index (χ0n) is 10.2. The van der Waals surface area contributed by atoms with Crippen molar-refractivity contribution in [3.05, 3.63) is 10.3 Å². The third kappa shape index (κ3) is 2.40. The Hall–Kier alpha value is -0.420. The van der Waals surface area contributed by atoms with E-state index in [-0.39, 0.29) is 0 Å². The molecule has 0 spiro atoms. The van der Waals surface area contributed by atoms with Gasteiger partial charge in [0.1, 0.15) is 0 Å². The maximum absolute atomic E-state index is 4.11. The van der Waals surface area contributed by atoms with Crippen LogP contribution in [0.25, 0.3) is 0 Å². The molecule has 0 amide bonds. The SMILES string of the molecule is Cn1nnc(Br)c1C1CCCC1CNC1CC1. The number of hydrogen-bond donors (Lipinski definition) is 1. The van der Waals surface area contributed by atoms with Crippen LogP contribution in [0.15, 0.2) is 4.60 Å².